The van der Waals surface area contributed by atoms with Gasteiger partial charge in [0.15, 0.2) is 0 Å². The molecule has 1 fully saturated rings. The summed E-state index contributed by atoms with van der Waals surface area (Å²) in [6.07, 6.45) is 8.35. The van der Waals surface area contributed by atoms with Crippen molar-refractivity contribution >= 4 is 58.1 Å². The third kappa shape index (κ3) is 5.62. The summed E-state index contributed by atoms with van der Waals surface area (Å²) in [5.74, 6) is -0.385. The van der Waals surface area contributed by atoms with Gasteiger partial charge in [0, 0.05) is 33.8 Å². The second-order valence-corrected chi connectivity index (χ2v) is 14.5. The molecule has 3 aliphatic heterocycles. The van der Waals surface area contributed by atoms with Crippen LogP contribution in [0.15, 0.2) is 28.5 Å². The van der Waals surface area contributed by atoms with E-state index in [0.717, 1.165) is 66.0 Å². The lowest BCUT2D eigenvalue weighted by molar-refractivity contribution is -0.139. The Morgan fingerprint density at radius 1 is 0.829 bits per heavy atom. The van der Waals surface area contributed by atoms with Crippen LogP contribution in [-0.4, -0.2) is 46.5 Å². The second kappa shape index (κ2) is 13.0. The number of likely N-dealkylation sites (tertiary alicyclic amines) is 1. The molecule has 5 rings (SSSR count). The largest absolute Gasteiger partial charge is 0.278 e. The van der Waals surface area contributed by atoms with Crippen LogP contribution in [0.4, 0.5) is 0 Å². The summed E-state index contributed by atoms with van der Waals surface area (Å²) in [7, 11) is 0. The van der Waals surface area contributed by atoms with Gasteiger partial charge in [-0.3, -0.25) is 29.0 Å². The number of thiophene rings is 2. The van der Waals surface area contributed by atoms with Gasteiger partial charge in [0.25, 0.3) is 17.7 Å². The molecule has 4 amide bonds. The van der Waals surface area contributed by atoms with E-state index in [1.54, 1.807) is 23.1 Å². The maximum atomic E-state index is 13.6. The lowest BCUT2D eigenvalue weighted by Gasteiger charge is -2.23. The number of hydrogen-bond acceptors (Lipinski definition) is 7. The van der Waals surface area contributed by atoms with E-state index in [-0.39, 0.29) is 28.9 Å². The normalized spacial score (nSPS) is 21.6. The number of amides is 4. The second-order valence-electron chi connectivity index (χ2n) is 11.5. The van der Waals surface area contributed by atoms with Gasteiger partial charge in [-0.25, -0.2) is 0 Å². The Balaban J connectivity index is 1.33. The van der Waals surface area contributed by atoms with E-state index in [1.807, 2.05) is 22.9 Å². The summed E-state index contributed by atoms with van der Waals surface area (Å²) in [4.78, 5) is 59.2. The Kier molecular flexibility index (Phi) is 9.56. The molecule has 0 saturated carbocycles. The van der Waals surface area contributed by atoms with Crippen molar-refractivity contribution in [1.29, 1.82) is 0 Å². The van der Waals surface area contributed by atoms with Gasteiger partial charge in [-0.1, -0.05) is 66.2 Å². The summed E-state index contributed by atoms with van der Waals surface area (Å²) < 4.78 is 0. The molecule has 4 unspecified atom stereocenters. The SMILES string of the molecule is CCCCC(CC)CN1C(=O)c2csc(-c3ccc(C4SC=C5C(=O)N(CC(CC)CCCC)C(=O)C54)s3)c2C1=O. The first-order valence-corrected chi connectivity index (χ1v) is 17.8. The molecular weight excluding hydrogens is 573 g/mol. The summed E-state index contributed by atoms with van der Waals surface area (Å²) in [6.45, 7) is 9.55. The number of nitrogens with zero attached hydrogens (tertiary/aromatic N) is 2. The lowest BCUT2D eigenvalue weighted by atomic mass is 9.98. The van der Waals surface area contributed by atoms with Crippen LogP contribution in [0.1, 0.15) is 110 Å². The van der Waals surface area contributed by atoms with Crippen molar-refractivity contribution in [1.82, 2.24) is 9.80 Å². The van der Waals surface area contributed by atoms with E-state index in [4.69, 9.17) is 0 Å². The molecule has 0 N–H and O–H groups in total. The smallest absolute Gasteiger partial charge is 0.263 e. The van der Waals surface area contributed by atoms with Crippen LogP contribution in [0, 0.1) is 17.8 Å². The van der Waals surface area contributed by atoms with E-state index in [1.165, 1.54) is 21.1 Å². The zero-order valence-electron chi connectivity index (χ0n) is 24.4. The van der Waals surface area contributed by atoms with Crippen LogP contribution in [-0.2, 0) is 9.59 Å². The molecule has 6 nitrogen and oxygen atoms in total. The quantitative estimate of drug-likeness (QED) is 0.201. The molecule has 9 heteroatoms. The van der Waals surface area contributed by atoms with E-state index in [9.17, 15) is 19.2 Å². The van der Waals surface area contributed by atoms with Gasteiger partial charge in [-0.05, 0) is 42.2 Å². The third-order valence-corrected chi connectivity index (χ3v) is 12.5. The molecule has 0 radical (unpaired) electrons. The lowest BCUT2D eigenvalue weighted by Crippen LogP contribution is -2.36. The van der Waals surface area contributed by atoms with Gasteiger partial charge >= 0.3 is 0 Å². The van der Waals surface area contributed by atoms with Crippen LogP contribution in [0.2, 0.25) is 0 Å². The highest BCUT2D eigenvalue weighted by Gasteiger charge is 2.51. The summed E-state index contributed by atoms with van der Waals surface area (Å²) in [5.41, 5.74) is 1.65. The Bertz CT molecular complexity index is 1360. The molecule has 0 aliphatic carbocycles. The fourth-order valence-electron chi connectivity index (χ4n) is 6.16. The predicted octanol–water partition coefficient (Wildman–Crippen LogP) is 8.16. The zero-order valence-corrected chi connectivity index (χ0v) is 26.9. The molecule has 0 spiro atoms. The maximum Gasteiger partial charge on any atom is 0.263 e. The number of unbranched alkanes of at least 4 members (excludes halogenated alkanes) is 2. The minimum Gasteiger partial charge on any atom is -0.278 e. The molecule has 2 aromatic rings. The topological polar surface area (TPSA) is 74.8 Å². The molecule has 3 aliphatic rings. The average Bonchev–Trinajstić information content (AvgIpc) is 3.78. The van der Waals surface area contributed by atoms with E-state index in [2.05, 4.69) is 27.7 Å². The van der Waals surface area contributed by atoms with E-state index >= 15 is 0 Å². The highest BCUT2D eigenvalue weighted by molar-refractivity contribution is 8.02. The monoisotopic (exact) mass is 612 g/mol. The molecule has 220 valence electrons. The van der Waals surface area contributed by atoms with Crippen LogP contribution in [0.25, 0.3) is 9.75 Å². The molecule has 41 heavy (non-hydrogen) atoms. The van der Waals surface area contributed by atoms with E-state index < -0.39 is 5.92 Å². The molecule has 4 atom stereocenters. The number of rotatable bonds is 14. The van der Waals surface area contributed by atoms with Gasteiger partial charge < -0.3 is 0 Å². The van der Waals surface area contributed by atoms with Gasteiger partial charge in [-0.15, -0.1) is 34.4 Å². The van der Waals surface area contributed by atoms with Crippen LogP contribution >= 0.6 is 34.4 Å². The Morgan fingerprint density at radius 3 is 2.12 bits per heavy atom. The number of thioether (sulfide) groups is 1. The number of fused-ring (bicyclic) bond motifs is 2. The van der Waals surface area contributed by atoms with Crippen molar-refractivity contribution in [3.05, 3.63) is 44.5 Å². The maximum absolute atomic E-state index is 13.6. The zero-order chi connectivity index (χ0) is 29.3. The van der Waals surface area contributed by atoms with Crippen LogP contribution in [0.3, 0.4) is 0 Å². The summed E-state index contributed by atoms with van der Waals surface area (Å²) >= 11 is 4.54. The number of carbonyl (C=O) groups is 4. The van der Waals surface area contributed by atoms with Crippen molar-refractivity contribution in [2.45, 2.75) is 84.3 Å². The first-order valence-electron chi connectivity index (χ1n) is 15.1. The third-order valence-electron chi connectivity index (χ3n) is 8.83. The highest BCUT2D eigenvalue weighted by atomic mass is 32.2. The Hall–Kier alpha value is -2.23. The van der Waals surface area contributed by atoms with Crippen molar-refractivity contribution in [2.24, 2.45) is 17.8 Å². The Labute approximate surface area is 255 Å². The van der Waals surface area contributed by atoms with Crippen LogP contribution < -0.4 is 0 Å². The molecule has 0 aromatic carbocycles. The standard InChI is InChI=1S/C32H40N2O4S3/c1-5-9-11-19(7-3)15-33-29(35)21-17-39-27(25(21)31(33)37)23-13-14-24(41-23)28-26-22(18-40-28)30(36)34(32(26)38)16-20(8-4)12-10-6-2/h13-14,17-20,25,27H,5-12,15-16H2,1-4H3. The van der Waals surface area contributed by atoms with Crippen molar-refractivity contribution in [3.8, 4) is 9.75 Å². The number of imide groups is 2. The van der Waals surface area contributed by atoms with Crippen molar-refractivity contribution in [3.63, 3.8) is 0 Å². The molecule has 2 aromatic heterocycles. The number of carbonyl (C=O) groups excluding carboxylic acids is 4. The fourth-order valence-corrected chi connectivity index (χ4v) is 9.84. The van der Waals surface area contributed by atoms with Gasteiger partial charge in [0.05, 0.1) is 27.2 Å². The first-order chi connectivity index (χ1) is 19.8. The van der Waals surface area contributed by atoms with Crippen molar-refractivity contribution in [2.75, 3.05) is 13.1 Å². The number of hydrogen-bond donors (Lipinski definition) is 0. The van der Waals surface area contributed by atoms with Crippen LogP contribution in [0.5, 0.6) is 0 Å². The average molecular weight is 613 g/mol. The van der Waals surface area contributed by atoms with E-state index in [0.29, 0.717) is 41.6 Å². The minimum atomic E-state index is -0.454. The summed E-state index contributed by atoms with van der Waals surface area (Å²) in [5, 5.41) is 3.56. The molecule has 5 heterocycles. The van der Waals surface area contributed by atoms with Gasteiger partial charge in [-0.2, -0.15) is 0 Å². The van der Waals surface area contributed by atoms with Gasteiger partial charge in [0.2, 0.25) is 5.91 Å². The minimum absolute atomic E-state index is 0.0804. The Morgan fingerprint density at radius 2 is 1.49 bits per heavy atom. The fraction of sp³-hybridized carbons (Fsp3) is 0.562. The predicted molar refractivity (Wildman–Crippen MR) is 168 cm³/mol. The molecular formula is C32H40N2O4S3. The molecule has 0 bridgehead atoms. The first kappa shape index (κ1) is 30.2. The van der Waals surface area contributed by atoms with Gasteiger partial charge in [0.1, 0.15) is 0 Å². The van der Waals surface area contributed by atoms with Crippen molar-refractivity contribution < 1.29 is 19.2 Å². The summed E-state index contributed by atoms with van der Waals surface area (Å²) in [6, 6.07) is 4.02. The highest BCUT2D eigenvalue weighted by Crippen LogP contribution is 2.54. The molecule has 1 saturated heterocycles.